The lowest BCUT2D eigenvalue weighted by Crippen LogP contribution is -1.98. The molecule has 2 heteroatoms. The van der Waals surface area contributed by atoms with Crippen LogP contribution in [0.5, 0.6) is 0 Å². The van der Waals surface area contributed by atoms with E-state index in [4.69, 9.17) is 0 Å². The molecule has 0 saturated heterocycles. The monoisotopic (exact) mass is 175 g/mol. The van der Waals surface area contributed by atoms with Gasteiger partial charge in [-0.2, -0.15) is 0 Å². The van der Waals surface area contributed by atoms with Crippen LogP contribution in [0.2, 0.25) is 0 Å². The molecule has 0 amide bonds. The number of rotatable bonds is 1. The second-order valence-corrected chi connectivity index (χ2v) is 3.68. The second-order valence-electron chi connectivity index (χ2n) is 2.67. The maximum absolute atomic E-state index is 4.34. The molecule has 0 spiro atoms. The SMILES string of the molecule is CPc1cc2ccccc2cn1. The lowest BCUT2D eigenvalue weighted by molar-refractivity contribution is 1.43. The minimum absolute atomic E-state index is 0.782. The molecule has 0 saturated carbocycles. The molecule has 0 aliphatic heterocycles. The summed E-state index contributed by atoms with van der Waals surface area (Å²) in [5.74, 6) is 0. The Morgan fingerprint density at radius 3 is 2.67 bits per heavy atom. The largest absolute Gasteiger partial charge is 0.256 e. The molecule has 0 aliphatic rings. The van der Waals surface area contributed by atoms with Gasteiger partial charge < -0.3 is 0 Å². The van der Waals surface area contributed by atoms with Gasteiger partial charge in [0.15, 0.2) is 0 Å². The fourth-order valence-corrected chi connectivity index (χ4v) is 1.71. The van der Waals surface area contributed by atoms with Crippen molar-refractivity contribution in [2.75, 3.05) is 6.66 Å². The van der Waals surface area contributed by atoms with Gasteiger partial charge in [-0.25, -0.2) is 0 Å². The topological polar surface area (TPSA) is 12.9 Å². The van der Waals surface area contributed by atoms with E-state index in [1.54, 1.807) is 0 Å². The van der Waals surface area contributed by atoms with Gasteiger partial charge in [0.05, 0.1) is 5.44 Å². The van der Waals surface area contributed by atoms with Crippen molar-refractivity contribution in [3.05, 3.63) is 36.5 Å². The quantitative estimate of drug-likeness (QED) is 0.605. The molecule has 0 bridgehead atoms. The number of hydrogen-bond donors (Lipinski definition) is 0. The zero-order valence-corrected chi connectivity index (χ0v) is 7.91. The maximum atomic E-state index is 4.34. The Bertz CT molecular complexity index is 398. The van der Waals surface area contributed by atoms with E-state index in [2.05, 4.69) is 35.9 Å². The van der Waals surface area contributed by atoms with Gasteiger partial charge in [0.1, 0.15) is 0 Å². The summed E-state index contributed by atoms with van der Waals surface area (Å²) in [4.78, 5) is 4.34. The van der Waals surface area contributed by atoms with E-state index in [1.807, 2.05) is 12.3 Å². The number of fused-ring (bicyclic) bond motifs is 1. The summed E-state index contributed by atoms with van der Waals surface area (Å²) in [6.45, 7) is 2.15. The van der Waals surface area contributed by atoms with Crippen molar-refractivity contribution in [2.45, 2.75) is 0 Å². The van der Waals surface area contributed by atoms with Gasteiger partial charge in [-0.3, -0.25) is 4.98 Å². The van der Waals surface area contributed by atoms with E-state index in [0.29, 0.717) is 0 Å². The van der Waals surface area contributed by atoms with Crippen LogP contribution in [0.15, 0.2) is 36.5 Å². The molecule has 60 valence electrons. The molecule has 1 unspecified atom stereocenters. The van der Waals surface area contributed by atoms with Crippen molar-refractivity contribution in [1.82, 2.24) is 4.98 Å². The van der Waals surface area contributed by atoms with E-state index >= 15 is 0 Å². The third-order valence-electron chi connectivity index (χ3n) is 1.89. The van der Waals surface area contributed by atoms with Crippen LogP contribution in [0.4, 0.5) is 0 Å². The van der Waals surface area contributed by atoms with Gasteiger partial charge in [0, 0.05) is 11.6 Å². The van der Waals surface area contributed by atoms with Crippen LogP contribution in [-0.2, 0) is 0 Å². The third-order valence-corrected chi connectivity index (χ3v) is 2.67. The Kier molecular flexibility index (Phi) is 2.05. The van der Waals surface area contributed by atoms with Crippen molar-refractivity contribution < 1.29 is 0 Å². The average molecular weight is 175 g/mol. The molecule has 1 atom stereocenters. The Morgan fingerprint density at radius 1 is 1.17 bits per heavy atom. The van der Waals surface area contributed by atoms with Crippen molar-refractivity contribution >= 4 is 24.8 Å². The average Bonchev–Trinajstić information content (AvgIpc) is 2.17. The number of aromatic nitrogens is 1. The molecule has 0 N–H and O–H groups in total. The lowest BCUT2D eigenvalue weighted by atomic mass is 10.2. The highest BCUT2D eigenvalue weighted by molar-refractivity contribution is 7.45. The highest BCUT2D eigenvalue weighted by atomic mass is 31.1. The number of hydrogen-bond acceptors (Lipinski definition) is 1. The van der Waals surface area contributed by atoms with Crippen molar-refractivity contribution in [1.29, 1.82) is 0 Å². The third kappa shape index (κ3) is 1.33. The first-order valence-electron chi connectivity index (χ1n) is 3.93. The van der Waals surface area contributed by atoms with Gasteiger partial charge in [-0.05, 0) is 18.1 Å². The van der Waals surface area contributed by atoms with Crippen molar-refractivity contribution in [2.24, 2.45) is 0 Å². The molecule has 1 aromatic carbocycles. The highest BCUT2D eigenvalue weighted by Crippen LogP contribution is 2.12. The Labute approximate surface area is 73.6 Å². The first-order valence-corrected chi connectivity index (χ1v) is 5.43. The molecular formula is C10H10NP. The molecular weight excluding hydrogens is 165 g/mol. The predicted molar refractivity (Wildman–Crippen MR) is 55.6 cm³/mol. The summed E-state index contributed by atoms with van der Waals surface area (Å²) in [5, 5.41) is 2.51. The standard InChI is InChI=1S/C10H10NP/c1-12-10-6-8-4-2-3-5-9(8)7-11-10/h2-7,12H,1H3. The molecule has 1 heterocycles. The predicted octanol–water partition coefficient (Wildman–Crippen LogP) is 2.17. The van der Waals surface area contributed by atoms with Crippen LogP contribution in [0, 0.1) is 0 Å². The van der Waals surface area contributed by atoms with Crippen LogP contribution in [0.25, 0.3) is 10.8 Å². The van der Waals surface area contributed by atoms with E-state index in [-0.39, 0.29) is 0 Å². The molecule has 0 aliphatic carbocycles. The van der Waals surface area contributed by atoms with Crippen LogP contribution in [-0.4, -0.2) is 11.6 Å². The Morgan fingerprint density at radius 2 is 1.92 bits per heavy atom. The Balaban J connectivity index is 2.67. The van der Waals surface area contributed by atoms with E-state index in [0.717, 1.165) is 8.58 Å². The highest BCUT2D eigenvalue weighted by Gasteiger charge is 1.93. The van der Waals surface area contributed by atoms with Crippen molar-refractivity contribution in [3.8, 4) is 0 Å². The molecule has 0 fully saturated rings. The zero-order valence-electron chi connectivity index (χ0n) is 6.91. The summed E-state index contributed by atoms with van der Waals surface area (Å²) in [5.41, 5.74) is 1.19. The van der Waals surface area contributed by atoms with Gasteiger partial charge in [-0.1, -0.05) is 32.8 Å². The second kappa shape index (κ2) is 3.20. The van der Waals surface area contributed by atoms with Crippen LogP contribution in [0.3, 0.4) is 0 Å². The van der Waals surface area contributed by atoms with Crippen LogP contribution in [0.1, 0.15) is 0 Å². The molecule has 12 heavy (non-hydrogen) atoms. The molecule has 0 radical (unpaired) electrons. The van der Waals surface area contributed by atoms with Gasteiger partial charge >= 0.3 is 0 Å². The van der Waals surface area contributed by atoms with E-state index in [9.17, 15) is 0 Å². The van der Waals surface area contributed by atoms with E-state index in [1.165, 1.54) is 16.2 Å². The normalized spacial score (nSPS) is 11.4. The molecule has 1 aromatic heterocycles. The summed E-state index contributed by atoms with van der Waals surface area (Å²) in [6, 6.07) is 10.5. The minimum Gasteiger partial charge on any atom is -0.256 e. The summed E-state index contributed by atoms with van der Waals surface area (Å²) < 4.78 is 0. The Hall–Kier alpha value is -0.940. The minimum atomic E-state index is 0.782. The van der Waals surface area contributed by atoms with Crippen LogP contribution >= 0.6 is 8.58 Å². The summed E-state index contributed by atoms with van der Waals surface area (Å²) in [6.07, 6.45) is 1.95. The molecule has 2 aromatic rings. The van der Waals surface area contributed by atoms with Gasteiger partial charge in [-0.15, -0.1) is 0 Å². The van der Waals surface area contributed by atoms with Crippen molar-refractivity contribution in [3.63, 3.8) is 0 Å². The van der Waals surface area contributed by atoms with Gasteiger partial charge in [0.2, 0.25) is 0 Å². The zero-order chi connectivity index (χ0) is 8.39. The first-order chi connectivity index (χ1) is 5.90. The lowest BCUT2D eigenvalue weighted by Gasteiger charge is -1.98. The van der Waals surface area contributed by atoms with E-state index < -0.39 is 0 Å². The fourth-order valence-electron chi connectivity index (χ4n) is 1.22. The fraction of sp³-hybridized carbons (Fsp3) is 0.100. The summed E-state index contributed by atoms with van der Waals surface area (Å²) >= 11 is 0. The number of nitrogens with zero attached hydrogens (tertiary/aromatic N) is 1. The van der Waals surface area contributed by atoms with Gasteiger partial charge in [0.25, 0.3) is 0 Å². The maximum Gasteiger partial charge on any atom is 0.0603 e. The molecule has 2 rings (SSSR count). The van der Waals surface area contributed by atoms with Crippen LogP contribution < -0.4 is 5.44 Å². The first kappa shape index (κ1) is 7.70. The smallest absolute Gasteiger partial charge is 0.0603 e. The summed E-state index contributed by atoms with van der Waals surface area (Å²) in [7, 11) is 0.782. The number of benzene rings is 1. The number of pyridine rings is 1. The molecule has 1 nitrogen and oxygen atoms in total.